The molecule has 0 heterocycles. The molecule has 1 rings (SSSR count). The summed E-state index contributed by atoms with van der Waals surface area (Å²) in [6.07, 6.45) is 0. The van der Waals surface area contributed by atoms with Gasteiger partial charge in [0.15, 0.2) is 6.04 Å². The lowest BCUT2D eigenvalue weighted by molar-refractivity contribution is -0.128. The van der Waals surface area contributed by atoms with Crippen LogP contribution in [-0.4, -0.2) is 23.8 Å². The smallest absolute Gasteiger partial charge is 0.252 e. The number of carbonyl (C=O) groups is 3. The summed E-state index contributed by atoms with van der Waals surface area (Å²) in [4.78, 5) is 33.7. The fourth-order valence-corrected chi connectivity index (χ4v) is 1.38. The van der Waals surface area contributed by atoms with Gasteiger partial charge in [-0.15, -0.1) is 0 Å². The van der Waals surface area contributed by atoms with Crippen molar-refractivity contribution >= 4 is 17.7 Å². The van der Waals surface area contributed by atoms with Gasteiger partial charge in [-0.3, -0.25) is 14.4 Å². The van der Waals surface area contributed by atoms with Crippen molar-refractivity contribution in [3.05, 3.63) is 34.9 Å². The third-order valence-electron chi connectivity index (χ3n) is 2.61. The SMILES string of the molecule is Cc1ccc(C(=O)NC(C(N)=O)C(N)=O)cc1C. The zero-order valence-corrected chi connectivity index (χ0v) is 10.2. The highest BCUT2D eigenvalue weighted by atomic mass is 16.2. The molecule has 0 saturated heterocycles. The molecule has 0 saturated carbocycles. The highest BCUT2D eigenvalue weighted by molar-refractivity contribution is 6.08. The summed E-state index contributed by atoms with van der Waals surface area (Å²) < 4.78 is 0. The molecule has 5 N–H and O–H groups in total. The number of benzene rings is 1. The van der Waals surface area contributed by atoms with E-state index < -0.39 is 23.8 Å². The van der Waals surface area contributed by atoms with E-state index >= 15 is 0 Å². The lowest BCUT2D eigenvalue weighted by Crippen LogP contribution is -2.52. The van der Waals surface area contributed by atoms with Crippen molar-refractivity contribution in [2.75, 3.05) is 0 Å². The van der Waals surface area contributed by atoms with Crippen molar-refractivity contribution in [1.29, 1.82) is 0 Å². The summed E-state index contributed by atoms with van der Waals surface area (Å²) in [5.41, 5.74) is 12.2. The number of hydrogen-bond donors (Lipinski definition) is 3. The predicted octanol–water partition coefficient (Wildman–Crippen LogP) is -0.628. The third kappa shape index (κ3) is 3.07. The van der Waals surface area contributed by atoms with Crippen LogP contribution in [0, 0.1) is 13.8 Å². The van der Waals surface area contributed by atoms with Crippen LogP contribution >= 0.6 is 0 Å². The molecule has 0 aliphatic carbocycles. The first kappa shape index (κ1) is 13.7. The zero-order valence-electron chi connectivity index (χ0n) is 10.2. The van der Waals surface area contributed by atoms with Crippen LogP contribution in [0.15, 0.2) is 18.2 Å². The van der Waals surface area contributed by atoms with Gasteiger partial charge in [-0.25, -0.2) is 0 Å². The molecule has 1 aromatic rings. The van der Waals surface area contributed by atoms with Gasteiger partial charge in [0.05, 0.1) is 0 Å². The summed E-state index contributed by atoms with van der Waals surface area (Å²) in [6, 6.07) is 3.52. The third-order valence-corrected chi connectivity index (χ3v) is 2.61. The largest absolute Gasteiger partial charge is 0.367 e. The number of hydrogen-bond acceptors (Lipinski definition) is 3. The van der Waals surface area contributed by atoms with Crippen molar-refractivity contribution in [2.45, 2.75) is 19.9 Å². The summed E-state index contributed by atoms with van der Waals surface area (Å²) in [7, 11) is 0. The minimum absolute atomic E-state index is 0.339. The lowest BCUT2D eigenvalue weighted by atomic mass is 10.1. The van der Waals surface area contributed by atoms with Gasteiger partial charge in [0.1, 0.15) is 0 Å². The fourth-order valence-electron chi connectivity index (χ4n) is 1.38. The average molecular weight is 249 g/mol. The molecule has 3 amide bonds. The van der Waals surface area contributed by atoms with Crippen LogP contribution in [-0.2, 0) is 9.59 Å². The maximum absolute atomic E-state index is 11.8. The van der Waals surface area contributed by atoms with E-state index in [0.717, 1.165) is 11.1 Å². The van der Waals surface area contributed by atoms with E-state index in [2.05, 4.69) is 5.32 Å². The summed E-state index contributed by atoms with van der Waals surface area (Å²) in [6.45, 7) is 3.76. The van der Waals surface area contributed by atoms with E-state index in [-0.39, 0.29) is 0 Å². The zero-order chi connectivity index (χ0) is 13.9. The maximum atomic E-state index is 11.8. The summed E-state index contributed by atoms with van der Waals surface area (Å²) in [5.74, 6) is -2.54. The molecule has 0 aliphatic heterocycles. The number of carbonyl (C=O) groups excluding carboxylic acids is 3. The van der Waals surface area contributed by atoms with Crippen molar-refractivity contribution < 1.29 is 14.4 Å². The van der Waals surface area contributed by atoms with Gasteiger partial charge in [-0.1, -0.05) is 6.07 Å². The number of primary amides is 2. The molecule has 96 valence electrons. The fraction of sp³-hybridized carbons (Fsp3) is 0.250. The Morgan fingerprint density at radius 1 is 1.06 bits per heavy atom. The van der Waals surface area contributed by atoms with Gasteiger partial charge in [-0.05, 0) is 37.1 Å². The van der Waals surface area contributed by atoms with Crippen LogP contribution < -0.4 is 16.8 Å². The van der Waals surface area contributed by atoms with Crippen LogP contribution in [0.2, 0.25) is 0 Å². The minimum atomic E-state index is -1.50. The molecule has 18 heavy (non-hydrogen) atoms. The predicted molar refractivity (Wildman–Crippen MR) is 65.6 cm³/mol. The quantitative estimate of drug-likeness (QED) is 0.617. The van der Waals surface area contributed by atoms with Crippen molar-refractivity contribution in [2.24, 2.45) is 11.5 Å². The number of nitrogens with one attached hydrogen (secondary N) is 1. The van der Waals surface area contributed by atoms with Gasteiger partial charge >= 0.3 is 0 Å². The van der Waals surface area contributed by atoms with E-state index in [1.165, 1.54) is 0 Å². The molecule has 1 aromatic carbocycles. The second-order valence-electron chi connectivity index (χ2n) is 4.01. The molecule has 0 aliphatic rings. The van der Waals surface area contributed by atoms with Crippen molar-refractivity contribution in [1.82, 2.24) is 5.32 Å². The first-order chi connectivity index (χ1) is 8.32. The Labute approximate surface area is 104 Å². The standard InChI is InChI=1S/C12H15N3O3/c1-6-3-4-8(5-7(6)2)12(18)15-9(10(13)16)11(14)17/h3-5,9H,1-2H3,(H2,13,16)(H2,14,17)(H,15,18). The molecular formula is C12H15N3O3. The van der Waals surface area contributed by atoms with Crippen LogP contribution in [0.25, 0.3) is 0 Å². The van der Waals surface area contributed by atoms with Crippen molar-refractivity contribution in [3.63, 3.8) is 0 Å². The normalized spacial score (nSPS) is 10.2. The molecule has 0 fully saturated rings. The second kappa shape index (κ2) is 5.31. The first-order valence-corrected chi connectivity index (χ1v) is 5.29. The Morgan fingerprint density at radius 2 is 1.61 bits per heavy atom. The van der Waals surface area contributed by atoms with Crippen LogP contribution in [0.4, 0.5) is 0 Å². The van der Waals surface area contributed by atoms with E-state index in [0.29, 0.717) is 5.56 Å². The number of rotatable bonds is 4. The van der Waals surface area contributed by atoms with E-state index in [4.69, 9.17) is 11.5 Å². The maximum Gasteiger partial charge on any atom is 0.252 e. The van der Waals surface area contributed by atoms with Crippen molar-refractivity contribution in [3.8, 4) is 0 Å². The second-order valence-corrected chi connectivity index (χ2v) is 4.01. The highest BCUT2D eigenvalue weighted by Crippen LogP contribution is 2.09. The van der Waals surface area contributed by atoms with Gasteiger partial charge in [-0.2, -0.15) is 0 Å². The van der Waals surface area contributed by atoms with E-state index in [1.807, 2.05) is 13.8 Å². The monoisotopic (exact) mass is 249 g/mol. The minimum Gasteiger partial charge on any atom is -0.367 e. The number of amides is 3. The van der Waals surface area contributed by atoms with Gasteiger partial charge in [0.2, 0.25) is 11.8 Å². The van der Waals surface area contributed by atoms with E-state index in [9.17, 15) is 14.4 Å². The highest BCUT2D eigenvalue weighted by Gasteiger charge is 2.24. The summed E-state index contributed by atoms with van der Waals surface area (Å²) >= 11 is 0. The topological polar surface area (TPSA) is 115 Å². The Bertz CT molecular complexity index is 497. The first-order valence-electron chi connectivity index (χ1n) is 5.29. The van der Waals surface area contributed by atoms with E-state index in [1.54, 1.807) is 18.2 Å². The van der Waals surface area contributed by atoms with Gasteiger partial charge < -0.3 is 16.8 Å². The molecule has 0 unspecified atom stereocenters. The van der Waals surface area contributed by atoms with Gasteiger partial charge in [0.25, 0.3) is 5.91 Å². The molecular weight excluding hydrogens is 234 g/mol. The molecule has 0 bridgehead atoms. The van der Waals surface area contributed by atoms with Crippen LogP contribution in [0.5, 0.6) is 0 Å². The molecule has 0 atom stereocenters. The molecule has 0 aromatic heterocycles. The summed E-state index contributed by atoms with van der Waals surface area (Å²) in [5, 5.41) is 2.19. The van der Waals surface area contributed by atoms with Crippen LogP contribution in [0.1, 0.15) is 21.5 Å². The Balaban J connectivity index is 2.90. The Kier molecular flexibility index (Phi) is 4.04. The molecule has 0 radical (unpaired) electrons. The molecule has 6 heteroatoms. The molecule has 6 nitrogen and oxygen atoms in total. The lowest BCUT2D eigenvalue weighted by Gasteiger charge is -2.12. The number of aryl methyl sites for hydroxylation is 2. The average Bonchev–Trinajstić information content (AvgIpc) is 2.28. The van der Waals surface area contributed by atoms with Crippen LogP contribution in [0.3, 0.4) is 0 Å². The number of nitrogens with two attached hydrogens (primary N) is 2. The molecule has 0 spiro atoms. The Hall–Kier alpha value is -2.37. The Morgan fingerprint density at radius 3 is 2.06 bits per heavy atom. The van der Waals surface area contributed by atoms with Gasteiger partial charge in [0, 0.05) is 5.56 Å².